The van der Waals surface area contributed by atoms with Crippen molar-refractivity contribution < 1.29 is 4.74 Å². The molecule has 78 valence electrons. The number of aromatic nitrogens is 3. The smallest absolute Gasteiger partial charge is 0.322 e. The minimum absolute atomic E-state index is 0.156. The van der Waals surface area contributed by atoms with Gasteiger partial charge in [0.15, 0.2) is 0 Å². The Hall–Kier alpha value is -1.24. The van der Waals surface area contributed by atoms with Crippen molar-refractivity contribution in [2.24, 2.45) is 0 Å². The number of hydrogen-bond acceptors (Lipinski definition) is 7. The van der Waals surface area contributed by atoms with Crippen LogP contribution in [-0.4, -0.2) is 40.6 Å². The first-order valence-corrected chi connectivity index (χ1v) is 5.44. The molecule has 1 aromatic rings. The Balaban J connectivity index is 2.62. The molecule has 0 atom stereocenters. The van der Waals surface area contributed by atoms with Crippen molar-refractivity contribution in [1.29, 1.82) is 0 Å². The van der Waals surface area contributed by atoms with Crippen molar-refractivity contribution in [2.75, 3.05) is 36.7 Å². The van der Waals surface area contributed by atoms with E-state index in [1.165, 1.54) is 7.11 Å². The molecule has 0 fully saturated rings. The number of methoxy groups -OCH3 is 1. The summed E-state index contributed by atoms with van der Waals surface area (Å²) in [6.07, 6.45) is 2.03. The Labute approximate surface area is 86.7 Å². The zero-order chi connectivity index (χ0) is 10.4. The number of hydrogen-bond donors (Lipinski definition) is 2. The minimum Gasteiger partial charge on any atom is -0.467 e. The van der Waals surface area contributed by atoms with Crippen molar-refractivity contribution in [3.8, 4) is 6.01 Å². The maximum atomic E-state index is 5.45. The molecule has 14 heavy (non-hydrogen) atoms. The van der Waals surface area contributed by atoms with Crippen LogP contribution in [0.15, 0.2) is 0 Å². The number of nitrogen functional groups attached to an aromatic ring is 1. The molecule has 0 aliphatic heterocycles. The van der Waals surface area contributed by atoms with Gasteiger partial charge in [-0.15, -0.1) is 0 Å². The Kier molecular flexibility index (Phi) is 4.24. The SMILES string of the molecule is COc1nc(N)nc(NCCSC)n1. The zero-order valence-corrected chi connectivity index (χ0v) is 8.97. The second kappa shape index (κ2) is 5.48. The lowest BCUT2D eigenvalue weighted by Crippen LogP contribution is -2.10. The average Bonchev–Trinajstić information content (AvgIpc) is 2.17. The van der Waals surface area contributed by atoms with Crippen LogP contribution in [0.5, 0.6) is 6.01 Å². The molecule has 0 aliphatic rings. The van der Waals surface area contributed by atoms with E-state index >= 15 is 0 Å². The van der Waals surface area contributed by atoms with Gasteiger partial charge in [-0.3, -0.25) is 0 Å². The molecule has 0 saturated carbocycles. The van der Waals surface area contributed by atoms with E-state index in [1.54, 1.807) is 11.8 Å². The summed E-state index contributed by atoms with van der Waals surface area (Å²) < 4.78 is 4.85. The Morgan fingerprint density at radius 1 is 1.43 bits per heavy atom. The number of nitrogens with zero attached hydrogens (tertiary/aromatic N) is 3. The number of nitrogens with one attached hydrogen (secondary N) is 1. The molecular weight excluding hydrogens is 202 g/mol. The molecule has 0 bridgehead atoms. The van der Waals surface area contributed by atoms with Crippen LogP contribution in [0.25, 0.3) is 0 Å². The fraction of sp³-hybridized carbons (Fsp3) is 0.571. The lowest BCUT2D eigenvalue weighted by Gasteiger charge is -2.04. The van der Waals surface area contributed by atoms with Gasteiger partial charge in [-0.2, -0.15) is 26.7 Å². The minimum atomic E-state index is 0.156. The molecule has 0 aromatic carbocycles. The molecule has 1 aromatic heterocycles. The van der Waals surface area contributed by atoms with Gasteiger partial charge in [-0.25, -0.2) is 0 Å². The molecule has 0 radical (unpaired) electrons. The Bertz CT molecular complexity index is 295. The molecule has 7 heteroatoms. The van der Waals surface area contributed by atoms with Gasteiger partial charge in [-0.1, -0.05) is 0 Å². The first-order chi connectivity index (χ1) is 6.76. The third kappa shape index (κ3) is 3.25. The highest BCUT2D eigenvalue weighted by Crippen LogP contribution is 2.07. The maximum Gasteiger partial charge on any atom is 0.322 e. The van der Waals surface area contributed by atoms with E-state index in [0.29, 0.717) is 5.95 Å². The summed E-state index contributed by atoms with van der Waals surface area (Å²) in [5.74, 6) is 1.58. The summed E-state index contributed by atoms with van der Waals surface area (Å²) in [5.41, 5.74) is 5.45. The van der Waals surface area contributed by atoms with Gasteiger partial charge in [-0.05, 0) is 6.26 Å². The Morgan fingerprint density at radius 3 is 2.86 bits per heavy atom. The molecular formula is C7H13N5OS. The van der Waals surface area contributed by atoms with Gasteiger partial charge in [0.05, 0.1) is 7.11 Å². The first-order valence-electron chi connectivity index (χ1n) is 4.04. The third-order valence-electron chi connectivity index (χ3n) is 1.40. The van der Waals surface area contributed by atoms with E-state index in [2.05, 4.69) is 20.3 Å². The van der Waals surface area contributed by atoms with Gasteiger partial charge in [0.2, 0.25) is 11.9 Å². The summed E-state index contributed by atoms with van der Waals surface area (Å²) in [6.45, 7) is 0.785. The highest BCUT2D eigenvalue weighted by atomic mass is 32.2. The highest BCUT2D eigenvalue weighted by Gasteiger charge is 2.02. The standard InChI is InChI=1S/C7H13N5OS/c1-13-7-11-5(8)10-6(12-7)9-3-4-14-2/h3-4H2,1-2H3,(H3,8,9,10,11,12). The largest absolute Gasteiger partial charge is 0.467 e. The van der Waals surface area contributed by atoms with Crippen LogP contribution in [0, 0.1) is 0 Å². The van der Waals surface area contributed by atoms with Crippen LogP contribution < -0.4 is 15.8 Å². The lowest BCUT2D eigenvalue weighted by atomic mass is 10.7. The number of ether oxygens (including phenoxy) is 1. The van der Waals surface area contributed by atoms with Crippen LogP contribution in [0.4, 0.5) is 11.9 Å². The Morgan fingerprint density at radius 2 is 2.21 bits per heavy atom. The second-order valence-electron chi connectivity index (χ2n) is 2.42. The topological polar surface area (TPSA) is 86.0 Å². The van der Waals surface area contributed by atoms with Crippen molar-refractivity contribution in [3.05, 3.63) is 0 Å². The molecule has 1 heterocycles. The fourth-order valence-corrected chi connectivity index (χ4v) is 1.11. The van der Waals surface area contributed by atoms with E-state index in [0.717, 1.165) is 12.3 Å². The van der Waals surface area contributed by atoms with Gasteiger partial charge in [0.1, 0.15) is 0 Å². The second-order valence-corrected chi connectivity index (χ2v) is 3.41. The van der Waals surface area contributed by atoms with Crippen molar-refractivity contribution >= 4 is 23.7 Å². The number of anilines is 2. The van der Waals surface area contributed by atoms with Gasteiger partial charge < -0.3 is 15.8 Å². The highest BCUT2D eigenvalue weighted by molar-refractivity contribution is 7.98. The molecule has 6 nitrogen and oxygen atoms in total. The molecule has 0 unspecified atom stereocenters. The molecule has 1 rings (SSSR count). The summed E-state index contributed by atoms with van der Waals surface area (Å²) in [6, 6.07) is 0.226. The maximum absolute atomic E-state index is 5.45. The van der Waals surface area contributed by atoms with E-state index < -0.39 is 0 Å². The van der Waals surface area contributed by atoms with Crippen LogP contribution in [0.3, 0.4) is 0 Å². The van der Waals surface area contributed by atoms with Crippen molar-refractivity contribution in [3.63, 3.8) is 0 Å². The number of thioether (sulfide) groups is 1. The molecule has 0 aliphatic carbocycles. The van der Waals surface area contributed by atoms with Gasteiger partial charge in [0, 0.05) is 12.3 Å². The molecule has 3 N–H and O–H groups in total. The summed E-state index contributed by atoms with van der Waals surface area (Å²) in [5, 5.41) is 3.02. The van der Waals surface area contributed by atoms with E-state index in [1.807, 2.05) is 6.26 Å². The molecule has 0 amide bonds. The first kappa shape index (κ1) is 10.8. The van der Waals surface area contributed by atoms with Crippen LogP contribution in [0.2, 0.25) is 0 Å². The fourth-order valence-electron chi connectivity index (χ4n) is 0.807. The normalized spacial score (nSPS) is 9.86. The summed E-state index contributed by atoms with van der Waals surface area (Å²) in [4.78, 5) is 11.7. The molecule has 0 saturated heterocycles. The predicted octanol–water partition coefficient (Wildman–Crippen LogP) is 0.237. The van der Waals surface area contributed by atoms with E-state index in [-0.39, 0.29) is 12.0 Å². The van der Waals surface area contributed by atoms with Crippen molar-refractivity contribution in [1.82, 2.24) is 15.0 Å². The van der Waals surface area contributed by atoms with Crippen LogP contribution >= 0.6 is 11.8 Å². The van der Waals surface area contributed by atoms with Crippen LogP contribution in [0.1, 0.15) is 0 Å². The van der Waals surface area contributed by atoms with Gasteiger partial charge in [0.25, 0.3) is 0 Å². The molecule has 0 spiro atoms. The summed E-state index contributed by atoms with van der Waals surface area (Å²) in [7, 11) is 1.49. The van der Waals surface area contributed by atoms with E-state index in [9.17, 15) is 0 Å². The summed E-state index contributed by atoms with van der Waals surface area (Å²) >= 11 is 1.74. The predicted molar refractivity (Wildman–Crippen MR) is 57.7 cm³/mol. The monoisotopic (exact) mass is 215 g/mol. The van der Waals surface area contributed by atoms with Crippen molar-refractivity contribution in [2.45, 2.75) is 0 Å². The quantitative estimate of drug-likeness (QED) is 0.680. The zero-order valence-electron chi connectivity index (χ0n) is 8.15. The average molecular weight is 215 g/mol. The van der Waals surface area contributed by atoms with Crippen LogP contribution in [-0.2, 0) is 0 Å². The lowest BCUT2D eigenvalue weighted by molar-refractivity contribution is 0.380. The number of nitrogens with two attached hydrogens (primary N) is 1. The van der Waals surface area contributed by atoms with E-state index in [4.69, 9.17) is 10.5 Å². The van der Waals surface area contributed by atoms with Gasteiger partial charge >= 0.3 is 6.01 Å². The number of rotatable bonds is 5. The third-order valence-corrected chi connectivity index (χ3v) is 2.02.